The van der Waals surface area contributed by atoms with Gasteiger partial charge in [0.1, 0.15) is 0 Å². The molecule has 0 saturated carbocycles. The van der Waals surface area contributed by atoms with E-state index in [9.17, 15) is 0 Å². The summed E-state index contributed by atoms with van der Waals surface area (Å²) in [5, 5.41) is 0.401. The molecule has 0 saturated heterocycles. The molecule has 10 heavy (non-hydrogen) atoms. The van der Waals surface area contributed by atoms with Crippen molar-refractivity contribution in [1.82, 2.24) is 0 Å². The van der Waals surface area contributed by atoms with Crippen LogP contribution in [-0.4, -0.2) is 10.8 Å². The van der Waals surface area contributed by atoms with Gasteiger partial charge in [0, 0.05) is 10.8 Å². The summed E-state index contributed by atoms with van der Waals surface area (Å²) in [7, 11) is 0. The fourth-order valence-corrected chi connectivity index (χ4v) is 1.53. The van der Waals surface area contributed by atoms with Crippen LogP contribution in [-0.2, 0) is 0 Å². The molecule has 61 valence electrons. The van der Waals surface area contributed by atoms with Gasteiger partial charge in [-0.25, -0.2) is 0 Å². The van der Waals surface area contributed by atoms with Crippen molar-refractivity contribution in [1.29, 1.82) is 0 Å². The maximum Gasteiger partial charge on any atom is 0.0378 e. The van der Waals surface area contributed by atoms with Crippen LogP contribution in [0.25, 0.3) is 0 Å². The molecule has 0 spiro atoms. The maximum absolute atomic E-state index is 5.95. The maximum atomic E-state index is 5.95. The molecule has 2 atom stereocenters. The zero-order chi connectivity index (χ0) is 7.98. The van der Waals surface area contributed by atoms with Crippen LogP contribution in [0, 0.1) is 6.42 Å². The zero-order valence-corrected chi connectivity index (χ0v) is 8.12. The normalized spacial score (nSPS) is 16.8. The van der Waals surface area contributed by atoms with E-state index in [0.717, 1.165) is 19.3 Å². The van der Waals surface area contributed by atoms with Crippen molar-refractivity contribution >= 4 is 23.2 Å². The fourth-order valence-electron chi connectivity index (χ4n) is 0.811. The smallest absolute Gasteiger partial charge is 0.0378 e. The molecule has 0 aromatic carbocycles. The highest BCUT2D eigenvalue weighted by atomic mass is 35.5. The number of alkyl halides is 2. The number of rotatable bonds is 5. The molecule has 0 rings (SSSR count). The van der Waals surface area contributed by atoms with Gasteiger partial charge in [0.15, 0.2) is 0 Å². The molecule has 0 aliphatic carbocycles. The van der Waals surface area contributed by atoms with Gasteiger partial charge in [-0.05, 0) is 19.3 Å². The standard InChI is InChI=1S/C8H15Cl2/c1-3-5-8(10)6-7(9)4-2/h4,7-8H,3,5-6H2,1-2H3. The zero-order valence-electron chi connectivity index (χ0n) is 6.61. The second-order valence-corrected chi connectivity index (χ2v) is 3.65. The van der Waals surface area contributed by atoms with Crippen LogP contribution in [0.5, 0.6) is 0 Å². The van der Waals surface area contributed by atoms with Crippen molar-refractivity contribution in [3.05, 3.63) is 6.42 Å². The molecule has 0 bridgehead atoms. The lowest BCUT2D eigenvalue weighted by molar-refractivity contribution is 0.675. The van der Waals surface area contributed by atoms with Crippen molar-refractivity contribution in [3.63, 3.8) is 0 Å². The summed E-state index contributed by atoms with van der Waals surface area (Å²) in [6, 6.07) is 0. The van der Waals surface area contributed by atoms with Crippen LogP contribution in [0.1, 0.15) is 33.1 Å². The molecule has 0 heterocycles. The summed E-state index contributed by atoms with van der Waals surface area (Å²) in [6.07, 6.45) is 5.08. The minimum atomic E-state index is 0.147. The van der Waals surface area contributed by atoms with Crippen LogP contribution in [0.3, 0.4) is 0 Å². The Balaban J connectivity index is 3.27. The second-order valence-electron chi connectivity index (χ2n) is 2.47. The first kappa shape index (κ1) is 10.6. The molecule has 2 heteroatoms. The Bertz CT molecular complexity index is 73.7. The van der Waals surface area contributed by atoms with Crippen molar-refractivity contribution in [2.45, 2.75) is 43.9 Å². The highest BCUT2D eigenvalue weighted by Gasteiger charge is 2.08. The molecule has 1 radical (unpaired) electrons. The third kappa shape index (κ3) is 5.37. The molecule has 2 unspecified atom stereocenters. The van der Waals surface area contributed by atoms with Gasteiger partial charge in [-0.15, -0.1) is 23.2 Å². The Kier molecular flexibility index (Phi) is 6.67. The third-order valence-corrected chi connectivity index (χ3v) is 2.27. The van der Waals surface area contributed by atoms with Gasteiger partial charge in [0.25, 0.3) is 0 Å². The summed E-state index contributed by atoms with van der Waals surface area (Å²) in [5.74, 6) is 0. The summed E-state index contributed by atoms with van der Waals surface area (Å²) >= 11 is 11.8. The summed E-state index contributed by atoms with van der Waals surface area (Å²) in [4.78, 5) is 0. The summed E-state index contributed by atoms with van der Waals surface area (Å²) < 4.78 is 0. The predicted octanol–water partition coefficient (Wildman–Crippen LogP) is 3.62. The van der Waals surface area contributed by atoms with E-state index in [1.165, 1.54) is 0 Å². The van der Waals surface area contributed by atoms with Crippen LogP contribution < -0.4 is 0 Å². The van der Waals surface area contributed by atoms with Crippen molar-refractivity contribution in [3.8, 4) is 0 Å². The fraction of sp³-hybridized carbons (Fsp3) is 0.875. The van der Waals surface area contributed by atoms with E-state index in [0.29, 0.717) is 0 Å². The van der Waals surface area contributed by atoms with Gasteiger partial charge in [-0.2, -0.15) is 0 Å². The Morgan fingerprint density at radius 1 is 1.40 bits per heavy atom. The quantitative estimate of drug-likeness (QED) is 0.569. The van der Waals surface area contributed by atoms with Gasteiger partial charge in [-0.1, -0.05) is 20.3 Å². The molecule has 0 aliphatic heterocycles. The topological polar surface area (TPSA) is 0 Å². The highest BCUT2D eigenvalue weighted by Crippen LogP contribution is 2.16. The first-order valence-electron chi connectivity index (χ1n) is 3.78. The third-order valence-electron chi connectivity index (χ3n) is 1.44. The van der Waals surface area contributed by atoms with Crippen LogP contribution >= 0.6 is 23.2 Å². The van der Waals surface area contributed by atoms with E-state index in [4.69, 9.17) is 23.2 Å². The molecule has 0 aromatic rings. The first-order chi connectivity index (χ1) is 4.70. The monoisotopic (exact) mass is 181 g/mol. The number of hydrogen-bond donors (Lipinski definition) is 0. The van der Waals surface area contributed by atoms with E-state index < -0.39 is 0 Å². The van der Waals surface area contributed by atoms with Gasteiger partial charge in [-0.3, -0.25) is 0 Å². The van der Waals surface area contributed by atoms with Gasteiger partial charge in [0.05, 0.1) is 0 Å². The molecule has 0 nitrogen and oxygen atoms in total. The van der Waals surface area contributed by atoms with Crippen LogP contribution in [0.4, 0.5) is 0 Å². The predicted molar refractivity (Wildman–Crippen MR) is 48.8 cm³/mol. The van der Waals surface area contributed by atoms with Crippen molar-refractivity contribution < 1.29 is 0 Å². The lowest BCUT2D eigenvalue weighted by Gasteiger charge is -2.10. The lowest BCUT2D eigenvalue weighted by atomic mass is 10.1. The SMILES string of the molecule is C[CH]C(Cl)CC(Cl)CCC. The number of hydrogen-bond acceptors (Lipinski definition) is 0. The number of halogens is 2. The summed E-state index contributed by atoms with van der Waals surface area (Å²) in [6.45, 7) is 4.10. The average Bonchev–Trinajstić information content (AvgIpc) is 1.88. The van der Waals surface area contributed by atoms with E-state index >= 15 is 0 Å². The van der Waals surface area contributed by atoms with E-state index in [-0.39, 0.29) is 10.8 Å². The largest absolute Gasteiger partial charge is 0.123 e. The molecule has 0 aliphatic rings. The summed E-state index contributed by atoms with van der Waals surface area (Å²) in [5.41, 5.74) is 0. The Hall–Kier alpha value is 0.580. The van der Waals surface area contributed by atoms with Gasteiger partial charge in [0.2, 0.25) is 0 Å². The van der Waals surface area contributed by atoms with Crippen molar-refractivity contribution in [2.24, 2.45) is 0 Å². The Morgan fingerprint density at radius 2 is 2.00 bits per heavy atom. The molecular weight excluding hydrogens is 167 g/mol. The molecule has 0 fully saturated rings. The average molecular weight is 182 g/mol. The minimum Gasteiger partial charge on any atom is -0.123 e. The van der Waals surface area contributed by atoms with E-state index in [1.807, 2.05) is 13.3 Å². The highest BCUT2D eigenvalue weighted by molar-refractivity contribution is 6.24. The van der Waals surface area contributed by atoms with Gasteiger partial charge >= 0.3 is 0 Å². The van der Waals surface area contributed by atoms with Gasteiger partial charge < -0.3 is 0 Å². The first-order valence-corrected chi connectivity index (χ1v) is 4.65. The minimum absolute atomic E-state index is 0.147. The van der Waals surface area contributed by atoms with Crippen LogP contribution in [0.2, 0.25) is 0 Å². The van der Waals surface area contributed by atoms with Crippen LogP contribution in [0.15, 0.2) is 0 Å². The van der Waals surface area contributed by atoms with E-state index in [2.05, 4.69) is 6.92 Å². The molecule has 0 aromatic heterocycles. The lowest BCUT2D eigenvalue weighted by Crippen LogP contribution is -2.07. The molecular formula is C8H15Cl2. The Morgan fingerprint density at radius 3 is 2.40 bits per heavy atom. The second kappa shape index (κ2) is 6.30. The van der Waals surface area contributed by atoms with E-state index in [1.54, 1.807) is 0 Å². The Labute approximate surface area is 73.9 Å². The van der Waals surface area contributed by atoms with Crippen molar-refractivity contribution in [2.75, 3.05) is 0 Å². The molecule has 0 N–H and O–H groups in total. The molecule has 0 amide bonds.